The molecule has 4 nitrogen and oxygen atoms in total. The highest BCUT2D eigenvalue weighted by atomic mass is 35.5. The summed E-state index contributed by atoms with van der Waals surface area (Å²) in [5.74, 6) is -2.22. The van der Waals surface area contributed by atoms with E-state index in [-0.39, 0.29) is 28.2 Å². The van der Waals surface area contributed by atoms with Crippen LogP contribution in [0.1, 0.15) is 17.4 Å². The minimum Gasteiger partial charge on any atom is -0.348 e. The molecule has 0 spiro atoms. The third kappa shape index (κ3) is 2.49. The van der Waals surface area contributed by atoms with Gasteiger partial charge in [0, 0.05) is 18.0 Å². The summed E-state index contributed by atoms with van der Waals surface area (Å²) >= 11 is 5.60. The number of carbonyl (C=O) groups is 1. The molecule has 21 heavy (non-hydrogen) atoms. The Labute approximate surface area is 124 Å². The molecular weight excluding hydrogens is 300 g/mol. The first-order valence-corrected chi connectivity index (χ1v) is 7.03. The molecule has 1 aliphatic heterocycles. The number of carbonyl (C=O) groups excluding carboxylic acids is 1. The fourth-order valence-corrected chi connectivity index (χ4v) is 2.75. The molecule has 1 aliphatic rings. The maximum Gasteiger partial charge on any atom is 0.268 e. The molecule has 1 fully saturated rings. The molecule has 1 aromatic heterocycles. The molecule has 7 heteroatoms. The molecule has 0 radical (unpaired) electrons. The monoisotopic (exact) mass is 313 g/mol. The van der Waals surface area contributed by atoms with Crippen LogP contribution in [0.2, 0.25) is 5.02 Å². The first kappa shape index (κ1) is 14.3. The van der Waals surface area contributed by atoms with E-state index in [4.69, 9.17) is 11.6 Å². The standard InChI is InChI=1S/C14H14ClF2N3O/c1-6-4-18-5-10(6)20-14(21)9-3-7-2-8(15)11(16)12(17)13(7)19-9/h2-3,6,10,18-19H,4-5H2,1H3,(H,20,21)/t6-,10+/m0/s1. The molecule has 0 bridgehead atoms. The zero-order chi connectivity index (χ0) is 15.1. The van der Waals surface area contributed by atoms with Crippen molar-refractivity contribution in [1.82, 2.24) is 15.6 Å². The zero-order valence-corrected chi connectivity index (χ0v) is 12.0. The summed E-state index contributed by atoms with van der Waals surface area (Å²) in [6, 6.07) is 2.78. The Morgan fingerprint density at radius 2 is 2.10 bits per heavy atom. The van der Waals surface area contributed by atoms with Crippen molar-refractivity contribution >= 4 is 28.4 Å². The third-order valence-corrected chi connectivity index (χ3v) is 4.11. The van der Waals surface area contributed by atoms with Crippen LogP contribution in [0.3, 0.4) is 0 Å². The molecule has 2 atom stereocenters. The summed E-state index contributed by atoms with van der Waals surface area (Å²) in [4.78, 5) is 14.8. The number of halogens is 3. The lowest BCUT2D eigenvalue weighted by atomic mass is 10.1. The summed E-state index contributed by atoms with van der Waals surface area (Å²) < 4.78 is 27.2. The van der Waals surface area contributed by atoms with Gasteiger partial charge in [-0.1, -0.05) is 18.5 Å². The van der Waals surface area contributed by atoms with Gasteiger partial charge in [0.15, 0.2) is 11.6 Å². The quantitative estimate of drug-likeness (QED) is 0.746. The average molecular weight is 314 g/mol. The van der Waals surface area contributed by atoms with Crippen LogP contribution in [-0.4, -0.2) is 30.0 Å². The number of aromatic nitrogens is 1. The van der Waals surface area contributed by atoms with Crippen molar-refractivity contribution in [2.75, 3.05) is 13.1 Å². The number of hydrogen-bond acceptors (Lipinski definition) is 2. The van der Waals surface area contributed by atoms with E-state index in [2.05, 4.69) is 15.6 Å². The fraction of sp³-hybridized carbons (Fsp3) is 0.357. The number of hydrogen-bond donors (Lipinski definition) is 3. The molecule has 1 saturated heterocycles. The highest BCUT2D eigenvalue weighted by molar-refractivity contribution is 6.31. The molecule has 2 aromatic rings. The number of rotatable bonds is 2. The van der Waals surface area contributed by atoms with Crippen molar-refractivity contribution in [3.8, 4) is 0 Å². The van der Waals surface area contributed by atoms with Gasteiger partial charge in [0.25, 0.3) is 5.91 Å². The molecule has 112 valence electrons. The predicted molar refractivity (Wildman–Crippen MR) is 76.5 cm³/mol. The van der Waals surface area contributed by atoms with E-state index in [1.807, 2.05) is 6.92 Å². The molecule has 0 unspecified atom stereocenters. The van der Waals surface area contributed by atoms with Gasteiger partial charge in [-0.25, -0.2) is 8.78 Å². The maximum absolute atomic E-state index is 13.8. The lowest BCUT2D eigenvalue weighted by Gasteiger charge is -2.15. The van der Waals surface area contributed by atoms with E-state index in [9.17, 15) is 13.6 Å². The number of fused-ring (bicyclic) bond motifs is 1. The van der Waals surface area contributed by atoms with Crippen molar-refractivity contribution in [3.63, 3.8) is 0 Å². The smallest absolute Gasteiger partial charge is 0.268 e. The molecule has 0 aliphatic carbocycles. The van der Waals surface area contributed by atoms with Gasteiger partial charge in [-0.3, -0.25) is 4.79 Å². The third-order valence-electron chi connectivity index (χ3n) is 3.83. The van der Waals surface area contributed by atoms with E-state index < -0.39 is 11.6 Å². The molecule has 3 N–H and O–H groups in total. The Morgan fingerprint density at radius 1 is 1.33 bits per heavy atom. The molecule has 3 rings (SSSR count). The van der Waals surface area contributed by atoms with Crippen LogP contribution in [0.15, 0.2) is 12.1 Å². The number of amides is 1. The van der Waals surface area contributed by atoms with E-state index in [0.29, 0.717) is 17.8 Å². The largest absolute Gasteiger partial charge is 0.348 e. The number of aromatic amines is 1. The van der Waals surface area contributed by atoms with E-state index in [0.717, 1.165) is 6.54 Å². The SMILES string of the molecule is C[C@H]1CNC[C@H]1NC(=O)c1cc2cc(Cl)c(F)c(F)c2[nH]1. The predicted octanol–water partition coefficient (Wildman–Crippen LogP) is 2.44. The lowest BCUT2D eigenvalue weighted by Crippen LogP contribution is -2.39. The molecule has 2 heterocycles. The first-order chi connectivity index (χ1) is 9.97. The van der Waals surface area contributed by atoms with Crippen molar-refractivity contribution in [3.05, 3.63) is 34.5 Å². The van der Waals surface area contributed by atoms with E-state index in [1.54, 1.807) is 0 Å². The average Bonchev–Trinajstić information content (AvgIpc) is 3.03. The van der Waals surface area contributed by atoms with Gasteiger partial charge in [-0.2, -0.15) is 0 Å². The highest BCUT2D eigenvalue weighted by Crippen LogP contribution is 2.27. The minimum absolute atomic E-state index is 0.0223. The van der Waals surface area contributed by atoms with Gasteiger partial charge in [0.05, 0.1) is 10.5 Å². The van der Waals surface area contributed by atoms with Crippen LogP contribution in [0, 0.1) is 17.6 Å². The Hall–Kier alpha value is -1.66. The van der Waals surface area contributed by atoms with Crippen LogP contribution in [-0.2, 0) is 0 Å². The van der Waals surface area contributed by atoms with Gasteiger partial charge < -0.3 is 15.6 Å². The second-order valence-electron chi connectivity index (χ2n) is 5.35. The van der Waals surface area contributed by atoms with Gasteiger partial charge >= 0.3 is 0 Å². The van der Waals surface area contributed by atoms with Crippen molar-refractivity contribution in [1.29, 1.82) is 0 Å². The molecule has 1 amide bonds. The van der Waals surface area contributed by atoms with Crippen LogP contribution in [0.5, 0.6) is 0 Å². The summed E-state index contributed by atoms with van der Waals surface area (Å²) in [5, 5.41) is 6.11. The van der Waals surface area contributed by atoms with Crippen molar-refractivity contribution in [2.45, 2.75) is 13.0 Å². The lowest BCUT2D eigenvalue weighted by molar-refractivity contribution is 0.0928. The van der Waals surface area contributed by atoms with Crippen LogP contribution >= 0.6 is 11.6 Å². The summed E-state index contributed by atoms with van der Waals surface area (Å²) in [5.41, 5.74) is 0.129. The Balaban J connectivity index is 1.90. The first-order valence-electron chi connectivity index (χ1n) is 6.65. The summed E-state index contributed by atoms with van der Waals surface area (Å²) in [6.07, 6.45) is 0. The maximum atomic E-state index is 13.8. The Morgan fingerprint density at radius 3 is 2.76 bits per heavy atom. The van der Waals surface area contributed by atoms with E-state index in [1.165, 1.54) is 12.1 Å². The van der Waals surface area contributed by atoms with Gasteiger partial charge in [-0.15, -0.1) is 0 Å². The summed E-state index contributed by atoms with van der Waals surface area (Å²) in [6.45, 7) is 3.57. The summed E-state index contributed by atoms with van der Waals surface area (Å²) in [7, 11) is 0. The van der Waals surface area contributed by atoms with Crippen molar-refractivity contribution in [2.24, 2.45) is 5.92 Å². The number of nitrogens with one attached hydrogen (secondary N) is 3. The van der Waals surface area contributed by atoms with Crippen LogP contribution in [0.25, 0.3) is 10.9 Å². The zero-order valence-electron chi connectivity index (χ0n) is 11.3. The van der Waals surface area contributed by atoms with Gasteiger partial charge in [0.2, 0.25) is 0 Å². The minimum atomic E-state index is -1.12. The molecular formula is C14H14ClF2N3O. The molecule has 1 aromatic carbocycles. The second-order valence-corrected chi connectivity index (χ2v) is 5.76. The highest BCUT2D eigenvalue weighted by Gasteiger charge is 2.25. The van der Waals surface area contributed by atoms with Crippen LogP contribution < -0.4 is 10.6 Å². The Bertz CT molecular complexity index is 716. The van der Waals surface area contributed by atoms with E-state index >= 15 is 0 Å². The Kier molecular flexibility index (Phi) is 3.59. The second kappa shape index (κ2) is 5.27. The normalized spacial score (nSPS) is 21.9. The van der Waals surface area contributed by atoms with Gasteiger partial charge in [-0.05, 0) is 24.6 Å². The topological polar surface area (TPSA) is 56.9 Å². The van der Waals surface area contributed by atoms with Crippen molar-refractivity contribution < 1.29 is 13.6 Å². The van der Waals surface area contributed by atoms with Gasteiger partial charge in [0.1, 0.15) is 5.69 Å². The molecule has 0 saturated carbocycles. The van der Waals surface area contributed by atoms with Crippen LogP contribution in [0.4, 0.5) is 8.78 Å². The number of benzene rings is 1. The number of H-pyrrole nitrogens is 1. The fourth-order valence-electron chi connectivity index (χ4n) is 2.55.